The van der Waals surface area contributed by atoms with Gasteiger partial charge < -0.3 is 4.74 Å². The van der Waals surface area contributed by atoms with Crippen molar-refractivity contribution in [3.63, 3.8) is 0 Å². The molecule has 0 heterocycles. The van der Waals surface area contributed by atoms with E-state index in [9.17, 15) is 4.79 Å². The zero-order chi connectivity index (χ0) is 14.5. The molecule has 1 N–H and O–H groups in total. The third kappa shape index (κ3) is 4.62. The second kappa shape index (κ2) is 7.06. The summed E-state index contributed by atoms with van der Waals surface area (Å²) in [6.45, 7) is 6.06. The first kappa shape index (κ1) is 16.2. The van der Waals surface area contributed by atoms with E-state index in [-0.39, 0.29) is 12.0 Å². The third-order valence-corrected chi connectivity index (χ3v) is 3.81. The van der Waals surface area contributed by atoms with Gasteiger partial charge in [-0.25, -0.2) is 0 Å². The standard InChI is InChI=1S/C15H22BrNO2/c1-5-11(2)17-15(3,14(18)19-4)10-12-6-8-13(16)9-7-12/h6-9,11,17H,5,10H2,1-4H3. The van der Waals surface area contributed by atoms with Crippen molar-refractivity contribution in [2.75, 3.05) is 7.11 Å². The van der Waals surface area contributed by atoms with E-state index in [1.807, 2.05) is 31.2 Å². The minimum absolute atomic E-state index is 0.226. The number of ether oxygens (including phenoxy) is 1. The second-order valence-electron chi connectivity index (χ2n) is 5.08. The molecule has 1 rings (SSSR count). The molecule has 106 valence electrons. The summed E-state index contributed by atoms with van der Waals surface area (Å²) in [6.07, 6.45) is 1.57. The summed E-state index contributed by atoms with van der Waals surface area (Å²) in [6, 6.07) is 8.26. The van der Waals surface area contributed by atoms with Crippen molar-refractivity contribution in [2.45, 2.75) is 45.2 Å². The van der Waals surface area contributed by atoms with Gasteiger partial charge in [0, 0.05) is 16.9 Å². The quantitative estimate of drug-likeness (QED) is 0.814. The number of nitrogens with one attached hydrogen (secondary N) is 1. The lowest BCUT2D eigenvalue weighted by Gasteiger charge is -2.31. The van der Waals surface area contributed by atoms with Crippen LogP contribution in [0.3, 0.4) is 0 Å². The number of hydrogen-bond acceptors (Lipinski definition) is 3. The molecule has 2 atom stereocenters. The van der Waals surface area contributed by atoms with Gasteiger partial charge in [0.15, 0.2) is 0 Å². The van der Waals surface area contributed by atoms with E-state index in [0.29, 0.717) is 6.42 Å². The van der Waals surface area contributed by atoms with Gasteiger partial charge in [-0.1, -0.05) is 35.0 Å². The monoisotopic (exact) mass is 327 g/mol. The SMILES string of the molecule is CCC(C)NC(C)(Cc1ccc(Br)cc1)C(=O)OC. The van der Waals surface area contributed by atoms with Crippen molar-refractivity contribution < 1.29 is 9.53 Å². The normalized spacial score (nSPS) is 15.6. The Kier molecular flexibility index (Phi) is 6.01. The summed E-state index contributed by atoms with van der Waals surface area (Å²) in [5, 5.41) is 3.37. The lowest BCUT2D eigenvalue weighted by Crippen LogP contribution is -2.55. The van der Waals surface area contributed by atoms with Gasteiger partial charge in [0.25, 0.3) is 0 Å². The number of methoxy groups -OCH3 is 1. The molecule has 0 aliphatic heterocycles. The Morgan fingerprint density at radius 1 is 1.42 bits per heavy atom. The maximum atomic E-state index is 12.1. The molecule has 19 heavy (non-hydrogen) atoms. The zero-order valence-electron chi connectivity index (χ0n) is 12.0. The van der Waals surface area contributed by atoms with Crippen LogP contribution in [0.15, 0.2) is 28.7 Å². The molecule has 1 aromatic carbocycles. The fraction of sp³-hybridized carbons (Fsp3) is 0.533. The molecule has 3 nitrogen and oxygen atoms in total. The van der Waals surface area contributed by atoms with Crippen LogP contribution >= 0.6 is 15.9 Å². The number of carbonyl (C=O) groups excluding carboxylic acids is 1. The fourth-order valence-corrected chi connectivity index (χ4v) is 2.33. The molecule has 0 saturated carbocycles. The lowest BCUT2D eigenvalue weighted by atomic mass is 9.91. The van der Waals surface area contributed by atoms with Crippen molar-refractivity contribution in [1.29, 1.82) is 0 Å². The first-order chi connectivity index (χ1) is 8.91. The predicted octanol–water partition coefficient (Wildman–Crippen LogP) is 3.31. The Labute approximate surface area is 123 Å². The van der Waals surface area contributed by atoms with Crippen LogP contribution in [0.2, 0.25) is 0 Å². The van der Waals surface area contributed by atoms with Gasteiger partial charge in [-0.05, 0) is 38.0 Å². The highest BCUT2D eigenvalue weighted by Crippen LogP contribution is 2.19. The molecule has 0 spiro atoms. The van der Waals surface area contributed by atoms with Crippen molar-refractivity contribution in [3.8, 4) is 0 Å². The van der Waals surface area contributed by atoms with Crippen LogP contribution in [-0.4, -0.2) is 24.7 Å². The number of hydrogen-bond donors (Lipinski definition) is 1. The summed E-state index contributed by atoms with van der Waals surface area (Å²) in [5.74, 6) is -0.226. The molecule has 0 aliphatic rings. The van der Waals surface area contributed by atoms with Crippen LogP contribution < -0.4 is 5.32 Å². The molecule has 0 aliphatic carbocycles. The molecule has 0 aromatic heterocycles. The molecule has 0 saturated heterocycles. The number of halogens is 1. The van der Waals surface area contributed by atoms with Gasteiger partial charge in [0.05, 0.1) is 7.11 Å². The summed E-state index contributed by atoms with van der Waals surface area (Å²) in [5.41, 5.74) is 0.407. The molecule has 1 aromatic rings. The molecule has 0 bridgehead atoms. The summed E-state index contributed by atoms with van der Waals surface area (Å²) >= 11 is 3.41. The van der Waals surface area contributed by atoms with Gasteiger partial charge in [0.2, 0.25) is 0 Å². The van der Waals surface area contributed by atoms with E-state index in [1.54, 1.807) is 0 Å². The lowest BCUT2D eigenvalue weighted by molar-refractivity contribution is -0.148. The molecule has 0 radical (unpaired) electrons. The topological polar surface area (TPSA) is 38.3 Å². The third-order valence-electron chi connectivity index (χ3n) is 3.28. The average Bonchev–Trinajstić information content (AvgIpc) is 2.40. The number of benzene rings is 1. The number of esters is 1. The maximum absolute atomic E-state index is 12.1. The summed E-state index contributed by atoms with van der Waals surface area (Å²) in [4.78, 5) is 12.1. The summed E-state index contributed by atoms with van der Waals surface area (Å²) < 4.78 is 5.98. The van der Waals surface area contributed by atoms with Gasteiger partial charge in [-0.15, -0.1) is 0 Å². The minimum Gasteiger partial charge on any atom is -0.468 e. The van der Waals surface area contributed by atoms with E-state index in [4.69, 9.17) is 4.74 Å². The van der Waals surface area contributed by atoms with E-state index < -0.39 is 5.54 Å². The van der Waals surface area contributed by atoms with Gasteiger partial charge in [-0.3, -0.25) is 10.1 Å². The van der Waals surface area contributed by atoms with Crippen LogP contribution in [-0.2, 0) is 16.0 Å². The Balaban J connectivity index is 2.90. The van der Waals surface area contributed by atoms with E-state index in [2.05, 4.69) is 35.1 Å². The largest absolute Gasteiger partial charge is 0.468 e. The highest BCUT2D eigenvalue weighted by atomic mass is 79.9. The first-order valence-electron chi connectivity index (χ1n) is 6.52. The second-order valence-corrected chi connectivity index (χ2v) is 6.00. The average molecular weight is 328 g/mol. The van der Waals surface area contributed by atoms with Crippen molar-refractivity contribution in [2.24, 2.45) is 0 Å². The van der Waals surface area contributed by atoms with Gasteiger partial charge >= 0.3 is 5.97 Å². The van der Waals surface area contributed by atoms with E-state index >= 15 is 0 Å². The first-order valence-corrected chi connectivity index (χ1v) is 7.31. The van der Waals surface area contributed by atoms with E-state index in [0.717, 1.165) is 16.5 Å². The van der Waals surface area contributed by atoms with E-state index in [1.165, 1.54) is 7.11 Å². The maximum Gasteiger partial charge on any atom is 0.326 e. The molecular formula is C15H22BrNO2. The Morgan fingerprint density at radius 2 is 2.00 bits per heavy atom. The molecular weight excluding hydrogens is 306 g/mol. The van der Waals surface area contributed by atoms with Crippen LogP contribution in [0.1, 0.15) is 32.8 Å². The zero-order valence-corrected chi connectivity index (χ0v) is 13.6. The number of carbonyl (C=O) groups is 1. The van der Waals surface area contributed by atoms with Crippen molar-refractivity contribution >= 4 is 21.9 Å². The Morgan fingerprint density at radius 3 is 2.47 bits per heavy atom. The highest BCUT2D eigenvalue weighted by molar-refractivity contribution is 9.10. The van der Waals surface area contributed by atoms with Crippen LogP contribution in [0, 0.1) is 0 Å². The van der Waals surface area contributed by atoms with Gasteiger partial charge in [-0.2, -0.15) is 0 Å². The van der Waals surface area contributed by atoms with Crippen LogP contribution in [0.5, 0.6) is 0 Å². The fourth-order valence-electron chi connectivity index (χ4n) is 2.06. The van der Waals surface area contributed by atoms with Crippen molar-refractivity contribution in [1.82, 2.24) is 5.32 Å². The smallest absolute Gasteiger partial charge is 0.326 e. The molecule has 0 fully saturated rings. The molecule has 0 amide bonds. The Bertz CT molecular complexity index is 419. The highest BCUT2D eigenvalue weighted by Gasteiger charge is 2.35. The molecule has 2 unspecified atom stereocenters. The Hall–Kier alpha value is -0.870. The number of rotatable bonds is 6. The minimum atomic E-state index is -0.696. The van der Waals surface area contributed by atoms with Crippen LogP contribution in [0.4, 0.5) is 0 Å². The summed E-state index contributed by atoms with van der Waals surface area (Å²) in [7, 11) is 1.43. The van der Waals surface area contributed by atoms with Gasteiger partial charge in [0.1, 0.15) is 5.54 Å². The predicted molar refractivity (Wildman–Crippen MR) is 81.2 cm³/mol. The van der Waals surface area contributed by atoms with Crippen molar-refractivity contribution in [3.05, 3.63) is 34.3 Å². The molecule has 4 heteroatoms. The van der Waals surface area contributed by atoms with Crippen LogP contribution in [0.25, 0.3) is 0 Å².